The maximum absolute atomic E-state index is 14.1. The second-order valence-electron chi connectivity index (χ2n) is 11.2. The van der Waals surface area contributed by atoms with Crippen molar-refractivity contribution in [3.63, 3.8) is 0 Å². The van der Waals surface area contributed by atoms with Gasteiger partial charge in [-0.1, -0.05) is 76.6 Å². The molecule has 0 aliphatic heterocycles. The van der Waals surface area contributed by atoms with E-state index in [0.29, 0.717) is 15.9 Å². The molecule has 2 amide bonds. The number of hydrogen-bond donors (Lipinski definition) is 1. The van der Waals surface area contributed by atoms with E-state index in [1.807, 2.05) is 0 Å². The van der Waals surface area contributed by atoms with E-state index in [2.05, 4.69) is 21.2 Å². The standard InChI is InChI=1S/C32H34BrClF3N3O4S/c1-21-11-14-27(15-12-21)45(43,44)40(26-13-16-29(34)28(18-26)32(35,36)37)20-30(41)39(19-23-7-6-8-24(33)17-23)22(2)31(42)38-25-9-4-3-5-10-25/h6-8,11-18,22,25H,3-5,9-10,19-20H2,1-2H3,(H,38,42). The van der Waals surface area contributed by atoms with Crippen molar-refractivity contribution < 1.29 is 31.2 Å². The minimum atomic E-state index is -4.88. The third-order valence-corrected chi connectivity index (χ3v) is 10.4. The van der Waals surface area contributed by atoms with Crippen molar-refractivity contribution in [2.24, 2.45) is 0 Å². The second kappa shape index (κ2) is 14.6. The normalized spacial score (nSPS) is 14.9. The fraction of sp³-hybridized carbons (Fsp3) is 0.375. The minimum absolute atomic E-state index is 0.0372. The fourth-order valence-corrected chi connectivity index (χ4v) is 7.31. The fourth-order valence-electron chi connectivity index (χ4n) is 5.24. The Labute approximate surface area is 274 Å². The van der Waals surface area contributed by atoms with Crippen LogP contribution in [0.3, 0.4) is 0 Å². The number of hydrogen-bond acceptors (Lipinski definition) is 4. The van der Waals surface area contributed by atoms with E-state index < -0.39 is 56.9 Å². The summed E-state index contributed by atoms with van der Waals surface area (Å²) in [5.74, 6) is -1.18. The van der Waals surface area contributed by atoms with Crippen molar-refractivity contribution in [3.05, 3.63) is 92.9 Å². The molecule has 13 heteroatoms. The highest BCUT2D eigenvalue weighted by Gasteiger charge is 2.37. The molecule has 1 aliphatic carbocycles. The molecule has 4 rings (SSSR count). The Kier molecular flexibility index (Phi) is 11.2. The molecule has 1 N–H and O–H groups in total. The van der Waals surface area contributed by atoms with Gasteiger partial charge in [0.25, 0.3) is 10.0 Å². The average Bonchev–Trinajstić information content (AvgIpc) is 2.98. The van der Waals surface area contributed by atoms with Crippen LogP contribution in [0.15, 0.2) is 76.1 Å². The van der Waals surface area contributed by atoms with Crippen LogP contribution in [0.4, 0.5) is 18.9 Å². The van der Waals surface area contributed by atoms with Crippen molar-refractivity contribution in [2.45, 2.75) is 75.7 Å². The Bertz CT molecular complexity index is 1630. The topological polar surface area (TPSA) is 86.8 Å². The molecule has 0 radical (unpaired) electrons. The SMILES string of the molecule is Cc1ccc(S(=O)(=O)N(CC(=O)N(Cc2cccc(Br)c2)C(C)C(=O)NC2CCCCC2)c2ccc(Cl)c(C(F)(F)F)c2)cc1. The molecule has 242 valence electrons. The van der Waals surface area contributed by atoms with E-state index >= 15 is 0 Å². The molecule has 1 atom stereocenters. The summed E-state index contributed by atoms with van der Waals surface area (Å²) in [5.41, 5.74) is -0.221. The predicted octanol–water partition coefficient (Wildman–Crippen LogP) is 7.49. The van der Waals surface area contributed by atoms with Crippen LogP contribution in [0.1, 0.15) is 55.7 Å². The predicted molar refractivity (Wildman–Crippen MR) is 171 cm³/mol. The maximum atomic E-state index is 14.1. The summed E-state index contributed by atoms with van der Waals surface area (Å²) in [6.07, 6.45) is -0.201. The Balaban J connectivity index is 1.75. The van der Waals surface area contributed by atoms with Gasteiger partial charge in [-0.15, -0.1) is 0 Å². The van der Waals surface area contributed by atoms with E-state index in [-0.39, 0.29) is 17.5 Å². The Hall–Kier alpha value is -3.09. The third kappa shape index (κ3) is 8.80. The van der Waals surface area contributed by atoms with Crippen LogP contribution in [0.5, 0.6) is 0 Å². The molecule has 1 unspecified atom stereocenters. The summed E-state index contributed by atoms with van der Waals surface area (Å²) < 4.78 is 70.8. The smallest absolute Gasteiger partial charge is 0.352 e. The molecule has 0 aromatic heterocycles. The van der Waals surface area contributed by atoms with Crippen molar-refractivity contribution in [2.75, 3.05) is 10.8 Å². The first-order valence-electron chi connectivity index (χ1n) is 14.5. The molecule has 45 heavy (non-hydrogen) atoms. The van der Waals surface area contributed by atoms with E-state index in [1.54, 1.807) is 50.2 Å². The van der Waals surface area contributed by atoms with Crippen LogP contribution in [0.25, 0.3) is 0 Å². The Morgan fingerprint density at radius 2 is 1.69 bits per heavy atom. The number of rotatable bonds is 10. The van der Waals surface area contributed by atoms with Crippen molar-refractivity contribution in [1.82, 2.24) is 10.2 Å². The maximum Gasteiger partial charge on any atom is 0.417 e. The molecule has 0 spiro atoms. The van der Waals surface area contributed by atoms with E-state index in [0.717, 1.165) is 54.3 Å². The number of anilines is 1. The molecule has 1 aliphatic rings. The van der Waals surface area contributed by atoms with E-state index in [9.17, 15) is 31.2 Å². The number of nitrogens with zero attached hydrogens (tertiary/aromatic N) is 2. The second-order valence-corrected chi connectivity index (χ2v) is 14.3. The zero-order valence-corrected chi connectivity index (χ0v) is 27.9. The number of carbonyl (C=O) groups is 2. The third-order valence-electron chi connectivity index (χ3n) is 7.79. The lowest BCUT2D eigenvalue weighted by atomic mass is 9.95. The van der Waals surface area contributed by atoms with Gasteiger partial charge >= 0.3 is 6.18 Å². The zero-order chi connectivity index (χ0) is 32.9. The van der Waals surface area contributed by atoms with Crippen LogP contribution in [-0.4, -0.2) is 43.8 Å². The quantitative estimate of drug-likeness (QED) is 0.235. The minimum Gasteiger partial charge on any atom is -0.352 e. The largest absolute Gasteiger partial charge is 0.417 e. The summed E-state index contributed by atoms with van der Waals surface area (Å²) in [6.45, 7) is 2.39. The number of amides is 2. The molecule has 0 heterocycles. The lowest BCUT2D eigenvalue weighted by molar-refractivity contribution is -0.139. The molecule has 0 bridgehead atoms. The first-order chi connectivity index (χ1) is 21.2. The number of carbonyl (C=O) groups excluding carboxylic acids is 2. The summed E-state index contributed by atoms with van der Waals surface area (Å²) in [6, 6.07) is 14.4. The van der Waals surface area contributed by atoms with Crippen LogP contribution in [-0.2, 0) is 32.3 Å². The van der Waals surface area contributed by atoms with Crippen LogP contribution in [0.2, 0.25) is 5.02 Å². The molecule has 0 saturated heterocycles. The molecule has 3 aromatic rings. The number of nitrogens with one attached hydrogen (secondary N) is 1. The monoisotopic (exact) mass is 727 g/mol. The van der Waals surface area contributed by atoms with Gasteiger partial charge in [-0.05, 0) is 74.7 Å². The van der Waals surface area contributed by atoms with Crippen LogP contribution in [0, 0.1) is 6.92 Å². The van der Waals surface area contributed by atoms with Gasteiger partial charge in [0.15, 0.2) is 0 Å². The van der Waals surface area contributed by atoms with Crippen molar-refractivity contribution in [1.29, 1.82) is 0 Å². The van der Waals surface area contributed by atoms with Gasteiger partial charge < -0.3 is 10.2 Å². The molecule has 3 aromatic carbocycles. The van der Waals surface area contributed by atoms with Gasteiger partial charge in [0.2, 0.25) is 11.8 Å². The van der Waals surface area contributed by atoms with E-state index in [4.69, 9.17) is 11.6 Å². The van der Waals surface area contributed by atoms with Crippen molar-refractivity contribution in [3.8, 4) is 0 Å². The molecular formula is C32H34BrClF3N3O4S. The number of aryl methyl sites for hydroxylation is 1. The first kappa shape index (κ1) is 34.8. The first-order valence-corrected chi connectivity index (χ1v) is 17.1. The molecular weight excluding hydrogens is 695 g/mol. The van der Waals surface area contributed by atoms with E-state index in [1.165, 1.54) is 17.0 Å². The average molecular weight is 729 g/mol. The lowest BCUT2D eigenvalue weighted by Crippen LogP contribution is -2.53. The number of sulfonamides is 1. The van der Waals surface area contributed by atoms with Gasteiger partial charge in [-0.2, -0.15) is 13.2 Å². The van der Waals surface area contributed by atoms with Gasteiger partial charge in [-0.25, -0.2) is 8.42 Å². The summed E-state index contributed by atoms with van der Waals surface area (Å²) in [5, 5.41) is 2.40. The Morgan fingerprint density at radius 1 is 1.02 bits per heavy atom. The highest BCUT2D eigenvalue weighted by atomic mass is 79.9. The molecule has 7 nitrogen and oxygen atoms in total. The Morgan fingerprint density at radius 3 is 2.31 bits per heavy atom. The van der Waals surface area contributed by atoms with Crippen LogP contribution >= 0.6 is 27.5 Å². The zero-order valence-electron chi connectivity index (χ0n) is 24.8. The summed E-state index contributed by atoms with van der Waals surface area (Å²) in [7, 11) is -4.56. The van der Waals surface area contributed by atoms with Gasteiger partial charge in [0.05, 0.1) is 21.2 Å². The van der Waals surface area contributed by atoms with Gasteiger partial charge in [0.1, 0.15) is 12.6 Å². The molecule has 1 fully saturated rings. The van der Waals surface area contributed by atoms with Gasteiger partial charge in [0, 0.05) is 17.1 Å². The van der Waals surface area contributed by atoms with Crippen LogP contribution < -0.4 is 9.62 Å². The lowest BCUT2D eigenvalue weighted by Gasteiger charge is -2.33. The van der Waals surface area contributed by atoms with Gasteiger partial charge in [-0.3, -0.25) is 13.9 Å². The number of halogens is 5. The number of alkyl halides is 3. The highest BCUT2D eigenvalue weighted by molar-refractivity contribution is 9.10. The summed E-state index contributed by atoms with van der Waals surface area (Å²) in [4.78, 5) is 28.6. The summed E-state index contributed by atoms with van der Waals surface area (Å²) >= 11 is 9.24. The van der Waals surface area contributed by atoms with Crippen molar-refractivity contribution >= 4 is 55.1 Å². The highest BCUT2D eigenvalue weighted by Crippen LogP contribution is 2.38. The number of benzene rings is 3. The molecule has 1 saturated carbocycles.